The number of piperidine rings is 1. The molecule has 1 aliphatic carbocycles. The molecule has 4 rings (SSSR count). The lowest BCUT2D eigenvalue weighted by Crippen LogP contribution is -2.32. The van der Waals surface area contributed by atoms with Gasteiger partial charge < -0.3 is 0 Å². The van der Waals surface area contributed by atoms with Gasteiger partial charge in [0.05, 0.1) is 0 Å². The second kappa shape index (κ2) is 6.44. The average molecular weight is 310 g/mol. The quantitative estimate of drug-likeness (QED) is 0.916. The Bertz CT molecular complexity index is 636. The van der Waals surface area contributed by atoms with Gasteiger partial charge in [-0.1, -0.05) is 37.1 Å². The fourth-order valence-corrected chi connectivity index (χ4v) is 3.69. The molecule has 23 heavy (non-hydrogen) atoms. The first-order valence-electron chi connectivity index (χ1n) is 9.08. The number of aromatic amines is 1. The van der Waals surface area contributed by atoms with E-state index in [4.69, 9.17) is 0 Å². The highest BCUT2D eigenvalue weighted by Gasteiger charge is 2.23. The first-order valence-corrected chi connectivity index (χ1v) is 9.08. The summed E-state index contributed by atoms with van der Waals surface area (Å²) in [5.41, 5.74) is 2.51. The molecule has 1 N–H and O–H groups in total. The molecule has 1 saturated heterocycles. The van der Waals surface area contributed by atoms with E-state index in [2.05, 4.69) is 51.3 Å². The lowest BCUT2D eigenvalue weighted by molar-refractivity contribution is 0.175. The van der Waals surface area contributed by atoms with E-state index in [0.717, 1.165) is 17.2 Å². The van der Waals surface area contributed by atoms with Crippen molar-refractivity contribution in [3.8, 4) is 11.4 Å². The van der Waals surface area contributed by atoms with Crippen LogP contribution in [0.15, 0.2) is 24.3 Å². The van der Waals surface area contributed by atoms with Crippen LogP contribution in [-0.2, 0) is 0 Å². The number of hydrogen-bond donors (Lipinski definition) is 1. The van der Waals surface area contributed by atoms with Gasteiger partial charge in [-0.3, -0.25) is 10.00 Å². The van der Waals surface area contributed by atoms with Gasteiger partial charge in [-0.25, -0.2) is 4.98 Å². The van der Waals surface area contributed by atoms with E-state index >= 15 is 0 Å². The molecule has 4 nitrogen and oxygen atoms in total. The Hall–Kier alpha value is -1.68. The number of likely N-dealkylation sites (tertiary alicyclic amines) is 1. The van der Waals surface area contributed by atoms with Gasteiger partial charge in [-0.2, -0.15) is 5.10 Å². The van der Waals surface area contributed by atoms with Crippen LogP contribution in [-0.4, -0.2) is 33.2 Å². The molecular weight excluding hydrogens is 284 g/mol. The van der Waals surface area contributed by atoms with Crippen molar-refractivity contribution in [1.29, 1.82) is 0 Å². The molecule has 0 amide bonds. The Kier molecular flexibility index (Phi) is 4.17. The first-order chi connectivity index (χ1) is 11.3. The van der Waals surface area contributed by atoms with Gasteiger partial charge in [0.15, 0.2) is 5.82 Å². The van der Waals surface area contributed by atoms with Gasteiger partial charge in [0.1, 0.15) is 5.82 Å². The summed E-state index contributed by atoms with van der Waals surface area (Å²) in [4.78, 5) is 7.29. The van der Waals surface area contributed by atoms with Gasteiger partial charge in [0.25, 0.3) is 0 Å². The minimum absolute atomic E-state index is 0.502. The first kappa shape index (κ1) is 14.9. The number of aromatic nitrogens is 3. The third-order valence-corrected chi connectivity index (χ3v) is 5.58. The molecule has 4 heteroatoms. The van der Waals surface area contributed by atoms with E-state index in [1.807, 2.05) is 0 Å². The molecule has 0 spiro atoms. The lowest BCUT2D eigenvalue weighted by atomic mass is 9.85. The summed E-state index contributed by atoms with van der Waals surface area (Å²) in [7, 11) is 0. The van der Waals surface area contributed by atoms with Gasteiger partial charge in [0.2, 0.25) is 0 Å². The van der Waals surface area contributed by atoms with Gasteiger partial charge in [-0.05, 0) is 51.3 Å². The Morgan fingerprint density at radius 1 is 1.04 bits per heavy atom. The minimum Gasteiger partial charge on any atom is -0.297 e. The van der Waals surface area contributed by atoms with E-state index in [9.17, 15) is 0 Å². The van der Waals surface area contributed by atoms with Crippen LogP contribution in [0.2, 0.25) is 0 Å². The van der Waals surface area contributed by atoms with Crippen LogP contribution in [0.3, 0.4) is 0 Å². The summed E-state index contributed by atoms with van der Waals surface area (Å²) in [6, 6.07) is 9.33. The highest BCUT2D eigenvalue weighted by atomic mass is 15.2. The Labute approximate surface area is 138 Å². The summed E-state index contributed by atoms with van der Waals surface area (Å²) in [6.45, 7) is 4.78. The zero-order chi connectivity index (χ0) is 15.6. The SMILES string of the molecule is C[C@@H](c1ccc(-c2n[nH]c(C3CCC3)n2)cc1)N1CCCCC1. The van der Waals surface area contributed by atoms with Gasteiger partial charge in [0, 0.05) is 17.5 Å². The second-order valence-corrected chi connectivity index (χ2v) is 7.07. The van der Waals surface area contributed by atoms with Crippen molar-refractivity contribution in [2.45, 2.75) is 57.4 Å². The van der Waals surface area contributed by atoms with E-state index in [0.29, 0.717) is 12.0 Å². The largest absolute Gasteiger partial charge is 0.297 e. The fourth-order valence-electron chi connectivity index (χ4n) is 3.69. The van der Waals surface area contributed by atoms with Crippen molar-refractivity contribution in [2.24, 2.45) is 0 Å². The number of H-pyrrole nitrogens is 1. The predicted octanol–water partition coefficient (Wildman–Crippen LogP) is 4.29. The summed E-state index contributed by atoms with van der Waals surface area (Å²) in [5, 5.41) is 7.53. The molecule has 1 aliphatic heterocycles. The monoisotopic (exact) mass is 310 g/mol. The van der Waals surface area contributed by atoms with E-state index in [-0.39, 0.29) is 0 Å². The van der Waals surface area contributed by atoms with E-state index in [1.54, 1.807) is 0 Å². The summed E-state index contributed by atoms with van der Waals surface area (Å²) in [5.74, 6) is 2.51. The van der Waals surface area contributed by atoms with Crippen LogP contribution in [0.25, 0.3) is 11.4 Å². The second-order valence-electron chi connectivity index (χ2n) is 7.07. The smallest absolute Gasteiger partial charge is 0.181 e. The predicted molar refractivity (Wildman–Crippen MR) is 92.2 cm³/mol. The molecule has 2 heterocycles. The molecule has 2 aliphatic rings. The topological polar surface area (TPSA) is 44.8 Å². The number of rotatable bonds is 4. The third-order valence-electron chi connectivity index (χ3n) is 5.58. The summed E-state index contributed by atoms with van der Waals surface area (Å²) in [6.07, 6.45) is 7.88. The van der Waals surface area contributed by atoms with Crippen LogP contribution < -0.4 is 0 Å². The molecule has 1 saturated carbocycles. The maximum atomic E-state index is 4.69. The Balaban J connectivity index is 1.47. The van der Waals surface area contributed by atoms with Gasteiger partial charge >= 0.3 is 0 Å². The van der Waals surface area contributed by atoms with Crippen molar-refractivity contribution in [1.82, 2.24) is 20.1 Å². The average Bonchev–Trinajstić information content (AvgIpc) is 3.03. The summed E-state index contributed by atoms with van der Waals surface area (Å²) >= 11 is 0. The molecule has 1 aromatic heterocycles. The number of nitrogens with zero attached hydrogens (tertiary/aromatic N) is 3. The van der Waals surface area contributed by atoms with Crippen molar-refractivity contribution in [2.75, 3.05) is 13.1 Å². The lowest BCUT2D eigenvalue weighted by Gasteiger charge is -2.32. The molecule has 1 aromatic carbocycles. The molecule has 2 fully saturated rings. The maximum absolute atomic E-state index is 4.69. The van der Waals surface area contributed by atoms with Crippen molar-refractivity contribution in [3.05, 3.63) is 35.7 Å². The standard InChI is InChI=1S/C19H26N4/c1-14(23-12-3-2-4-13-23)15-8-10-17(11-9-15)19-20-18(21-22-19)16-6-5-7-16/h8-11,14,16H,2-7,12-13H2,1H3,(H,20,21,22)/t14-/m0/s1. The normalized spacial score (nSPS) is 21.1. The third kappa shape index (κ3) is 3.05. The number of nitrogens with one attached hydrogen (secondary N) is 1. The van der Waals surface area contributed by atoms with Crippen LogP contribution >= 0.6 is 0 Å². The fraction of sp³-hybridized carbons (Fsp3) is 0.579. The van der Waals surface area contributed by atoms with Crippen LogP contribution in [0, 0.1) is 0 Å². The molecule has 1 atom stereocenters. The Morgan fingerprint density at radius 2 is 1.78 bits per heavy atom. The zero-order valence-electron chi connectivity index (χ0n) is 14.0. The highest BCUT2D eigenvalue weighted by molar-refractivity contribution is 5.55. The molecule has 0 unspecified atom stereocenters. The van der Waals surface area contributed by atoms with Crippen LogP contribution in [0.1, 0.15) is 68.8 Å². The number of hydrogen-bond acceptors (Lipinski definition) is 3. The number of benzene rings is 1. The minimum atomic E-state index is 0.502. The van der Waals surface area contributed by atoms with Crippen molar-refractivity contribution in [3.63, 3.8) is 0 Å². The zero-order valence-corrected chi connectivity index (χ0v) is 14.0. The maximum Gasteiger partial charge on any atom is 0.181 e. The molecule has 2 aromatic rings. The molecule has 0 bridgehead atoms. The highest BCUT2D eigenvalue weighted by Crippen LogP contribution is 2.35. The molecular formula is C19H26N4. The Morgan fingerprint density at radius 3 is 2.43 bits per heavy atom. The van der Waals surface area contributed by atoms with Crippen molar-refractivity contribution >= 4 is 0 Å². The van der Waals surface area contributed by atoms with E-state index < -0.39 is 0 Å². The van der Waals surface area contributed by atoms with Gasteiger partial charge in [-0.15, -0.1) is 0 Å². The molecule has 0 radical (unpaired) electrons. The van der Waals surface area contributed by atoms with E-state index in [1.165, 1.54) is 57.2 Å². The summed E-state index contributed by atoms with van der Waals surface area (Å²) < 4.78 is 0. The van der Waals surface area contributed by atoms with Crippen molar-refractivity contribution < 1.29 is 0 Å². The van der Waals surface area contributed by atoms with Crippen LogP contribution in [0.5, 0.6) is 0 Å². The molecule has 122 valence electrons. The van der Waals surface area contributed by atoms with Crippen LogP contribution in [0.4, 0.5) is 0 Å².